The topological polar surface area (TPSA) is 23.5 Å². The molecule has 0 aliphatic carbocycles. The Morgan fingerprint density at radius 3 is 2.93 bits per heavy atom. The van der Waals surface area contributed by atoms with E-state index in [1.165, 1.54) is 24.1 Å². The van der Waals surface area contributed by atoms with Crippen molar-refractivity contribution in [2.24, 2.45) is 0 Å². The number of nitrogens with zero attached hydrogens (tertiary/aromatic N) is 1. The van der Waals surface area contributed by atoms with Crippen molar-refractivity contribution in [2.45, 2.75) is 32.2 Å². The Morgan fingerprint density at radius 2 is 2.20 bits per heavy atom. The van der Waals surface area contributed by atoms with Gasteiger partial charge in [-0.25, -0.2) is 0 Å². The van der Waals surface area contributed by atoms with E-state index in [9.17, 15) is 5.11 Å². The van der Waals surface area contributed by atoms with Gasteiger partial charge in [-0.1, -0.05) is 25.1 Å². The van der Waals surface area contributed by atoms with Crippen molar-refractivity contribution in [1.29, 1.82) is 0 Å². The largest absolute Gasteiger partial charge is 0.394 e. The van der Waals surface area contributed by atoms with Crippen LogP contribution in [0.25, 0.3) is 0 Å². The molecule has 1 aliphatic rings. The molecule has 2 heteroatoms. The monoisotopic (exact) mass is 205 g/mol. The molecule has 82 valence electrons. The lowest BCUT2D eigenvalue weighted by Gasteiger charge is -2.36. The van der Waals surface area contributed by atoms with E-state index in [4.69, 9.17) is 0 Å². The molecule has 0 bridgehead atoms. The van der Waals surface area contributed by atoms with Gasteiger partial charge in [-0.2, -0.15) is 0 Å². The first-order valence-corrected chi connectivity index (χ1v) is 5.82. The van der Waals surface area contributed by atoms with Gasteiger partial charge in [0.15, 0.2) is 0 Å². The molecule has 1 aliphatic heterocycles. The van der Waals surface area contributed by atoms with Crippen molar-refractivity contribution in [3.05, 3.63) is 29.8 Å². The molecular formula is C13H19NO. The SMILES string of the molecule is CCC(CO)N1CCCc2ccccc21. The quantitative estimate of drug-likeness (QED) is 0.817. The maximum atomic E-state index is 9.36. The lowest BCUT2D eigenvalue weighted by Crippen LogP contribution is -2.40. The zero-order chi connectivity index (χ0) is 10.7. The third-order valence-corrected chi connectivity index (χ3v) is 3.27. The third-order valence-electron chi connectivity index (χ3n) is 3.27. The van der Waals surface area contributed by atoms with E-state index in [0.717, 1.165) is 13.0 Å². The summed E-state index contributed by atoms with van der Waals surface area (Å²) in [5.74, 6) is 0. The van der Waals surface area contributed by atoms with Crippen LogP contribution in [0.4, 0.5) is 5.69 Å². The van der Waals surface area contributed by atoms with Crippen LogP contribution in [0.15, 0.2) is 24.3 Å². The summed E-state index contributed by atoms with van der Waals surface area (Å²) in [6.45, 7) is 3.47. The molecule has 15 heavy (non-hydrogen) atoms. The first-order valence-electron chi connectivity index (χ1n) is 5.82. The Balaban J connectivity index is 2.28. The molecule has 1 unspecified atom stereocenters. The van der Waals surface area contributed by atoms with Crippen molar-refractivity contribution in [2.75, 3.05) is 18.1 Å². The summed E-state index contributed by atoms with van der Waals surface area (Å²) < 4.78 is 0. The molecule has 2 nitrogen and oxygen atoms in total. The minimum absolute atomic E-state index is 0.255. The van der Waals surface area contributed by atoms with Crippen molar-refractivity contribution in [3.8, 4) is 0 Å². The number of aryl methyl sites for hydroxylation is 1. The smallest absolute Gasteiger partial charge is 0.0634 e. The van der Waals surface area contributed by atoms with E-state index in [0.29, 0.717) is 0 Å². The average molecular weight is 205 g/mol. The third kappa shape index (κ3) is 2.00. The Hall–Kier alpha value is -1.02. The molecule has 0 saturated carbocycles. The normalized spacial score (nSPS) is 17.3. The van der Waals surface area contributed by atoms with Gasteiger partial charge in [0.1, 0.15) is 0 Å². The highest BCUT2D eigenvalue weighted by molar-refractivity contribution is 5.56. The predicted molar refractivity (Wildman–Crippen MR) is 63.3 cm³/mol. The van der Waals surface area contributed by atoms with E-state index in [1.54, 1.807) is 0 Å². The molecule has 0 saturated heterocycles. The second-order valence-electron chi connectivity index (χ2n) is 4.17. The molecule has 0 aromatic heterocycles. The molecule has 1 atom stereocenters. The Bertz CT molecular complexity index is 320. The molecule has 1 aromatic rings. The molecule has 0 radical (unpaired) electrons. The molecule has 0 spiro atoms. The minimum atomic E-state index is 0.255. The summed E-state index contributed by atoms with van der Waals surface area (Å²) in [5.41, 5.74) is 2.75. The van der Waals surface area contributed by atoms with Gasteiger partial charge in [-0.15, -0.1) is 0 Å². The molecule has 1 heterocycles. The Morgan fingerprint density at radius 1 is 1.40 bits per heavy atom. The van der Waals surface area contributed by atoms with Crippen LogP contribution in [-0.4, -0.2) is 24.3 Å². The van der Waals surface area contributed by atoms with Crippen LogP contribution >= 0.6 is 0 Å². The molecular weight excluding hydrogens is 186 g/mol. The number of aliphatic hydroxyl groups is 1. The number of hydrogen-bond donors (Lipinski definition) is 1. The lowest BCUT2D eigenvalue weighted by molar-refractivity contribution is 0.254. The van der Waals surface area contributed by atoms with Crippen molar-refractivity contribution in [1.82, 2.24) is 0 Å². The first-order chi connectivity index (χ1) is 7.36. The van der Waals surface area contributed by atoms with Crippen LogP contribution in [0.5, 0.6) is 0 Å². The van der Waals surface area contributed by atoms with Crippen LogP contribution in [0.2, 0.25) is 0 Å². The second-order valence-corrected chi connectivity index (χ2v) is 4.17. The summed E-state index contributed by atoms with van der Waals surface area (Å²) >= 11 is 0. The van der Waals surface area contributed by atoms with Crippen molar-refractivity contribution < 1.29 is 5.11 Å². The lowest BCUT2D eigenvalue weighted by atomic mass is 9.99. The maximum Gasteiger partial charge on any atom is 0.0634 e. The van der Waals surface area contributed by atoms with Crippen LogP contribution in [0, 0.1) is 0 Å². The number of aliphatic hydroxyl groups excluding tert-OH is 1. The summed E-state index contributed by atoms with van der Waals surface area (Å²) in [5, 5.41) is 9.36. The van der Waals surface area contributed by atoms with Gasteiger partial charge in [-0.05, 0) is 30.9 Å². The Kier molecular flexibility index (Phi) is 3.27. The molecule has 1 aromatic carbocycles. The zero-order valence-corrected chi connectivity index (χ0v) is 9.32. The van der Waals surface area contributed by atoms with Gasteiger partial charge in [-0.3, -0.25) is 0 Å². The number of para-hydroxylation sites is 1. The van der Waals surface area contributed by atoms with Gasteiger partial charge in [0.25, 0.3) is 0 Å². The average Bonchev–Trinajstić information content (AvgIpc) is 2.31. The number of fused-ring (bicyclic) bond motifs is 1. The van der Waals surface area contributed by atoms with Crippen molar-refractivity contribution in [3.63, 3.8) is 0 Å². The van der Waals surface area contributed by atoms with Gasteiger partial charge in [0, 0.05) is 12.2 Å². The first kappa shape index (κ1) is 10.5. The predicted octanol–water partition coefficient (Wildman–Crippen LogP) is 2.21. The highest BCUT2D eigenvalue weighted by Crippen LogP contribution is 2.28. The van der Waals surface area contributed by atoms with Crippen LogP contribution in [-0.2, 0) is 6.42 Å². The van der Waals surface area contributed by atoms with Gasteiger partial charge in [0.05, 0.1) is 12.6 Å². The van der Waals surface area contributed by atoms with E-state index in [1.807, 2.05) is 0 Å². The summed E-state index contributed by atoms with van der Waals surface area (Å²) in [6, 6.07) is 8.84. The highest BCUT2D eigenvalue weighted by Gasteiger charge is 2.21. The number of benzene rings is 1. The van der Waals surface area contributed by atoms with Gasteiger partial charge in [0.2, 0.25) is 0 Å². The number of hydrogen-bond acceptors (Lipinski definition) is 2. The van der Waals surface area contributed by atoms with E-state index in [2.05, 4.69) is 36.1 Å². The fourth-order valence-corrected chi connectivity index (χ4v) is 2.39. The fraction of sp³-hybridized carbons (Fsp3) is 0.538. The molecule has 0 amide bonds. The number of rotatable bonds is 3. The second kappa shape index (κ2) is 4.67. The molecule has 1 N–H and O–H groups in total. The molecule has 2 rings (SSSR count). The van der Waals surface area contributed by atoms with E-state index < -0.39 is 0 Å². The standard InChI is InChI=1S/C13H19NO/c1-2-12(10-15)14-9-5-7-11-6-3-4-8-13(11)14/h3-4,6,8,12,15H,2,5,7,9-10H2,1H3. The maximum absolute atomic E-state index is 9.36. The van der Waals surface area contributed by atoms with Crippen molar-refractivity contribution >= 4 is 5.69 Å². The summed E-state index contributed by atoms with van der Waals surface area (Å²) in [7, 11) is 0. The highest BCUT2D eigenvalue weighted by atomic mass is 16.3. The number of anilines is 1. The summed E-state index contributed by atoms with van der Waals surface area (Å²) in [6.07, 6.45) is 3.38. The van der Waals surface area contributed by atoms with Crippen LogP contribution in [0.3, 0.4) is 0 Å². The molecule has 0 fully saturated rings. The van der Waals surface area contributed by atoms with Crippen LogP contribution in [0.1, 0.15) is 25.3 Å². The van der Waals surface area contributed by atoms with Gasteiger partial charge < -0.3 is 10.0 Å². The van der Waals surface area contributed by atoms with Crippen LogP contribution < -0.4 is 4.90 Å². The fourth-order valence-electron chi connectivity index (χ4n) is 2.39. The minimum Gasteiger partial charge on any atom is -0.394 e. The summed E-state index contributed by atoms with van der Waals surface area (Å²) in [4.78, 5) is 2.36. The van der Waals surface area contributed by atoms with E-state index >= 15 is 0 Å². The van der Waals surface area contributed by atoms with Gasteiger partial charge >= 0.3 is 0 Å². The Labute approximate surface area is 91.5 Å². The zero-order valence-electron chi connectivity index (χ0n) is 9.32. The van der Waals surface area contributed by atoms with E-state index in [-0.39, 0.29) is 12.6 Å².